The number of rotatable bonds is 5. The molecule has 1 saturated heterocycles. The highest BCUT2D eigenvalue weighted by Crippen LogP contribution is 2.29. The van der Waals surface area contributed by atoms with E-state index in [-0.39, 0.29) is 0 Å². The van der Waals surface area contributed by atoms with E-state index in [0.717, 1.165) is 36.2 Å². The summed E-state index contributed by atoms with van der Waals surface area (Å²) >= 11 is 6.07. The summed E-state index contributed by atoms with van der Waals surface area (Å²) in [5, 5.41) is 0. The quantitative estimate of drug-likeness (QED) is 0.765. The minimum absolute atomic E-state index is 0.349. The summed E-state index contributed by atoms with van der Waals surface area (Å²) in [6.07, 6.45) is 5.83. The molecule has 3 nitrogen and oxygen atoms in total. The van der Waals surface area contributed by atoms with Crippen LogP contribution in [0, 0.1) is 5.92 Å². The topological polar surface area (TPSA) is 29.0 Å². The maximum atomic E-state index is 6.07. The number of anilines is 1. The van der Waals surface area contributed by atoms with Crippen molar-refractivity contribution in [3.63, 3.8) is 0 Å². The zero-order chi connectivity index (χ0) is 13.8. The maximum absolute atomic E-state index is 6.07. The summed E-state index contributed by atoms with van der Waals surface area (Å²) in [4.78, 5) is 11.5. The lowest BCUT2D eigenvalue weighted by Crippen LogP contribution is -2.22. The molecule has 1 aromatic rings. The summed E-state index contributed by atoms with van der Waals surface area (Å²) in [6.45, 7) is 8.72. The van der Waals surface area contributed by atoms with Crippen molar-refractivity contribution >= 4 is 17.3 Å². The van der Waals surface area contributed by atoms with Gasteiger partial charge in [-0.25, -0.2) is 9.97 Å². The summed E-state index contributed by atoms with van der Waals surface area (Å²) < 4.78 is 0. The predicted octanol–water partition coefficient (Wildman–Crippen LogP) is 3.97. The fourth-order valence-corrected chi connectivity index (χ4v) is 2.96. The first-order chi connectivity index (χ1) is 9.15. The number of halogens is 1. The Morgan fingerprint density at radius 2 is 2.26 bits per heavy atom. The van der Waals surface area contributed by atoms with Gasteiger partial charge in [-0.2, -0.15) is 0 Å². The molecule has 1 aromatic heterocycles. The van der Waals surface area contributed by atoms with E-state index >= 15 is 0 Å². The monoisotopic (exact) mass is 281 g/mol. The molecule has 1 atom stereocenters. The smallest absolute Gasteiger partial charge is 0.131 e. The number of nitrogens with zero attached hydrogens (tertiary/aromatic N) is 3. The van der Waals surface area contributed by atoms with Crippen LogP contribution < -0.4 is 4.90 Å². The third-order valence-electron chi connectivity index (χ3n) is 3.83. The van der Waals surface area contributed by atoms with Crippen LogP contribution in [0.4, 0.5) is 5.69 Å². The Kier molecular flexibility index (Phi) is 5.03. The highest BCUT2D eigenvalue weighted by atomic mass is 35.5. The van der Waals surface area contributed by atoms with Gasteiger partial charge in [0, 0.05) is 19.0 Å². The third kappa shape index (κ3) is 3.38. The van der Waals surface area contributed by atoms with E-state index in [4.69, 9.17) is 11.6 Å². The average molecular weight is 282 g/mol. The Balaban J connectivity index is 2.16. The first-order valence-electron chi connectivity index (χ1n) is 7.32. The van der Waals surface area contributed by atoms with Gasteiger partial charge in [0.25, 0.3) is 0 Å². The van der Waals surface area contributed by atoms with Crippen molar-refractivity contribution < 1.29 is 0 Å². The average Bonchev–Trinajstić information content (AvgIpc) is 2.86. The first kappa shape index (κ1) is 14.6. The third-order valence-corrected chi connectivity index (χ3v) is 4.08. The van der Waals surface area contributed by atoms with Gasteiger partial charge in [0.1, 0.15) is 5.82 Å². The summed E-state index contributed by atoms with van der Waals surface area (Å²) in [5.41, 5.74) is 2.12. The Hall–Kier alpha value is -0.830. The second-order valence-corrected chi connectivity index (χ2v) is 6.01. The lowest BCUT2D eigenvalue weighted by Gasteiger charge is -2.21. The molecular weight excluding hydrogens is 258 g/mol. The van der Waals surface area contributed by atoms with Crippen LogP contribution in [-0.4, -0.2) is 23.1 Å². The van der Waals surface area contributed by atoms with Crippen LogP contribution in [0.3, 0.4) is 0 Å². The molecule has 0 saturated carbocycles. The second-order valence-electron chi connectivity index (χ2n) is 5.74. The van der Waals surface area contributed by atoms with Gasteiger partial charge >= 0.3 is 0 Å². The molecule has 1 aliphatic rings. The molecule has 0 N–H and O–H groups in total. The molecular formula is C15H24ClN3. The van der Waals surface area contributed by atoms with Crippen molar-refractivity contribution in [2.45, 2.75) is 51.8 Å². The molecule has 1 fully saturated rings. The van der Waals surface area contributed by atoms with E-state index in [2.05, 4.69) is 35.6 Å². The highest BCUT2D eigenvalue weighted by molar-refractivity contribution is 6.17. The van der Waals surface area contributed by atoms with E-state index in [1.54, 1.807) is 0 Å². The summed E-state index contributed by atoms with van der Waals surface area (Å²) in [6, 6.07) is 0. The molecule has 2 heterocycles. The highest BCUT2D eigenvalue weighted by Gasteiger charge is 2.24. The van der Waals surface area contributed by atoms with E-state index in [9.17, 15) is 0 Å². The van der Waals surface area contributed by atoms with Crippen molar-refractivity contribution in [1.82, 2.24) is 9.97 Å². The summed E-state index contributed by atoms with van der Waals surface area (Å²) in [7, 11) is 0. The molecule has 0 radical (unpaired) electrons. The number of alkyl halides is 1. The lowest BCUT2D eigenvalue weighted by molar-refractivity contribution is 0.529. The van der Waals surface area contributed by atoms with E-state index in [0.29, 0.717) is 11.8 Å². The first-order valence-corrected chi connectivity index (χ1v) is 7.85. The van der Waals surface area contributed by atoms with Crippen LogP contribution in [0.25, 0.3) is 0 Å². The van der Waals surface area contributed by atoms with Crippen molar-refractivity contribution in [2.75, 3.05) is 18.0 Å². The van der Waals surface area contributed by atoms with Gasteiger partial charge in [0.05, 0.1) is 23.5 Å². The minimum Gasteiger partial charge on any atom is -0.368 e. The van der Waals surface area contributed by atoms with E-state index in [1.165, 1.54) is 19.3 Å². The minimum atomic E-state index is 0.349. The fourth-order valence-electron chi connectivity index (χ4n) is 2.76. The van der Waals surface area contributed by atoms with Crippen LogP contribution in [0.5, 0.6) is 0 Å². The Morgan fingerprint density at radius 1 is 1.47 bits per heavy atom. The largest absolute Gasteiger partial charge is 0.368 e. The van der Waals surface area contributed by atoms with Crippen LogP contribution >= 0.6 is 11.6 Å². The fraction of sp³-hybridized carbons (Fsp3) is 0.733. The lowest BCUT2D eigenvalue weighted by atomic mass is 10.0. The van der Waals surface area contributed by atoms with Crippen LogP contribution in [0.15, 0.2) is 6.20 Å². The van der Waals surface area contributed by atoms with Gasteiger partial charge in [-0.1, -0.05) is 27.2 Å². The van der Waals surface area contributed by atoms with Gasteiger partial charge in [-0.05, 0) is 18.8 Å². The van der Waals surface area contributed by atoms with Crippen LogP contribution in [0.2, 0.25) is 0 Å². The number of aromatic nitrogens is 2. The van der Waals surface area contributed by atoms with Crippen molar-refractivity contribution in [1.29, 1.82) is 0 Å². The normalized spacial score (nSPS) is 19.4. The van der Waals surface area contributed by atoms with Crippen LogP contribution in [-0.2, 0) is 5.88 Å². The van der Waals surface area contributed by atoms with Gasteiger partial charge < -0.3 is 4.90 Å². The van der Waals surface area contributed by atoms with Gasteiger partial charge in [-0.15, -0.1) is 11.6 Å². The molecule has 0 amide bonds. The molecule has 0 aliphatic carbocycles. The second kappa shape index (κ2) is 6.56. The van der Waals surface area contributed by atoms with Crippen molar-refractivity contribution in [2.24, 2.45) is 5.92 Å². The van der Waals surface area contributed by atoms with Crippen LogP contribution in [0.1, 0.15) is 57.5 Å². The standard InChI is InChI=1S/C15H24ClN3/c1-4-5-12-6-7-19(10-12)14-9-17-15(11(2)3)18-13(14)8-16/h9,11-12H,4-8,10H2,1-3H3. The SMILES string of the molecule is CCCC1CCN(c2cnc(C(C)C)nc2CCl)C1. The zero-order valence-electron chi connectivity index (χ0n) is 12.2. The molecule has 0 spiro atoms. The Bertz CT molecular complexity index is 420. The van der Waals surface area contributed by atoms with Crippen molar-refractivity contribution in [3.8, 4) is 0 Å². The van der Waals surface area contributed by atoms with Gasteiger partial charge in [0.15, 0.2) is 0 Å². The zero-order valence-corrected chi connectivity index (χ0v) is 13.0. The van der Waals surface area contributed by atoms with Gasteiger partial charge in [0.2, 0.25) is 0 Å². The molecule has 0 bridgehead atoms. The van der Waals surface area contributed by atoms with Gasteiger partial charge in [-0.3, -0.25) is 0 Å². The molecule has 1 aliphatic heterocycles. The molecule has 19 heavy (non-hydrogen) atoms. The Labute approximate surface area is 121 Å². The number of hydrogen-bond donors (Lipinski definition) is 0. The molecule has 0 aromatic carbocycles. The molecule has 2 rings (SSSR count). The predicted molar refractivity (Wildman–Crippen MR) is 80.9 cm³/mol. The molecule has 106 valence electrons. The number of hydrogen-bond acceptors (Lipinski definition) is 3. The maximum Gasteiger partial charge on any atom is 0.131 e. The summed E-state index contributed by atoms with van der Waals surface area (Å²) in [5.74, 6) is 2.52. The van der Waals surface area contributed by atoms with E-state index < -0.39 is 0 Å². The molecule has 4 heteroatoms. The molecule has 1 unspecified atom stereocenters. The Morgan fingerprint density at radius 3 is 2.89 bits per heavy atom. The van der Waals surface area contributed by atoms with E-state index in [1.807, 2.05) is 6.20 Å². The van der Waals surface area contributed by atoms with Crippen molar-refractivity contribution in [3.05, 3.63) is 17.7 Å².